The number of likely N-dealkylation sites (tertiary alicyclic amines) is 1. The first-order valence-electron chi connectivity index (χ1n) is 5.87. The molecule has 88 valence electrons. The highest BCUT2D eigenvalue weighted by Gasteiger charge is 2.21. The van der Waals surface area contributed by atoms with Gasteiger partial charge in [-0.3, -0.25) is 4.79 Å². The second-order valence-corrected chi connectivity index (χ2v) is 5.53. The Morgan fingerprint density at radius 2 is 2.33 bits per heavy atom. The van der Waals surface area contributed by atoms with Gasteiger partial charge in [-0.2, -0.15) is 11.8 Å². The predicted octanol–water partition coefficient (Wildman–Crippen LogP) is 1.47. The molecule has 1 aliphatic rings. The Bertz CT molecular complexity index is 199. The number of rotatable bonds is 4. The summed E-state index contributed by atoms with van der Waals surface area (Å²) in [5.41, 5.74) is 5.42. The molecular weight excluding hydrogens is 208 g/mol. The van der Waals surface area contributed by atoms with Crippen molar-refractivity contribution in [3.8, 4) is 0 Å². The molecule has 0 spiro atoms. The van der Waals surface area contributed by atoms with Crippen molar-refractivity contribution in [2.24, 2.45) is 5.73 Å². The summed E-state index contributed by atoms with van der Waals surface area (Å²) in [6.45, 7) is 4.51. The van der Waals surface area contributed by atoms with Crippen molar-refractivity contribution in [2.45, 2.75) is 37.9 Å². The van der Waals surface area contributed by atoms with Gasteiger partial charge < -0.3 is 10.6 Å². The second-order valence-electron chi connectivity index (χ2n) is 3.95. The van der Waals surface area contributed by atoms with Crippen molar-refractivity contribution in [1.29, 1.82) is 0 Å². The minimum atomic E-state index is 0.237. The van der Waals surface area contributed by atoms with Gasteiger partial charge in [-0.05, 0) is 18.6 Å². The summed E-state index contributed by atoms with van der Waals surface area (Å²) >= 11 is 1.98. The van der Waals surface area contributed by atoms with Crippen molar-refractivity contribution in [3.05, 3.63) is 0 Å². The summed E-state index contributed by atoms with van der Waals surface area (Å²) in [6.07, 6.45) is 4.16. The number of carbonyl (C=O) groups excluding carboxylic acids is 1. The Kier molecular flexibility index (Phi) is 6.10. The third-order valence-corrected chi connectivity index (χ3v) is 3.93. The van der Waals surface area contributed by atoms with Gasteiger partial charge in [-0.15, -0.1) is 0 Å². The molecule has 0 bridgehead atoms. The van der Waals surface area contributed by atoms with Crippen LogP contribution in [0.25, 0.3) is 0 Å². The first kappa shape index (κ1) is 12.8. The van der Waals surface area contributed by atoms with Gasteiger partial charge >= 0.3 is 0 Å². The molecule has 1 amide bonds. The smallest absolute Gasteiger partial charge is 0.223 e. The quantitative estimate of drug-likeness (QED) is 0.795. The zero-order valence-corrected chi connectivity index (χ0v) is 10.4. The van der Waals surface area contributed by atoms with Crippen molar-refractivity contribution in [3.63, 3.8) is 0 Å². The maximum Gasteiger partial charge on any atom is 0.223 e. The van der Waals surface area contributed by atoms with E-state index in [1.807, 2.05) is 16.7 Å². The molecule has 3 nitrogen and oxygen atoms in total. The van der Waals surface area contributed by atoms with Crippen LogP contribution in [0.2, 0.25) is 0 Å². The van der Waals surface area contributed by atoms with Crippen LogP contribution in [0.15, 0.2) is 0 Å². The van der Waals surface area contributed by atoms with Gasteiger partial charge in [-0.25, -0.2) is 0 Å². The number of hydrogen-bond donors (Lipinski definition) is 1. The third-order valence-electron chi connectivity index (χ3n) is 2.74. The van der Waals surface area contributed by atoms with E-state index in [1.54, 1.807) is 0 Å². The molecule has 1 aliphatic heterocycles. The van der Waals surface area contributed by atoms with Crippen LogP contribution in [-0.2, 0) is 4.79 Å². The van der Waals surface area contributed by atoms with E-state index in [4.69, 9.17) is 5.73 Å². The lowest BCUT2D eigenvalue weighted by Gasteiger charge is -2.23. The molecule has 0 saturated carbocycles. The molecule has 0 radical (unpaired) electrons. The highest BCUT2D eigenvalue weighted by molar-refractivity contribution is 7.99. The van der Waals surface area contributed by atoms with E-state index in [1.165, 1.54) is 12.8 Å². The van der Waals surface area contributed by atoms with Crippen LogP contribution in [-0.4, -0.2) is 41.4 Å². The van der Waals surface area contributed by atoms with Crippen LogP contribution >= 0.6 is 11.8 Å². The normalized spacial score (nSPS) is 22.5. The summed E-state index contributed by atoms with van der Waals surface area (Å²) in [7, 11) is 0. The van der Waals surface area contributed by atoms with Crippen LogP contribution in [0.1, 0.15) is 32.6 Å². The fourth-order valence-corrected chi connectivity index (χ4v) is 3.07. The lowest BCUT2D eigenvalue weighted by Crippen LogP contribution is -2.36. The minimum absolute atomic E-state index is 0.237. The van der Waals surface area contributed by atoms with E-state index < -0.39 is 0 Å². The van der Waals surface area contributed by atoms with Gasteiger partial charge in [0.15, 0.2) is 0 Å². The van der Waals surface area contributed by atoms with Gasteiger partial charge in [0, 0.05) is 31.3 Å². The molecule has 0 aromatic heterocycles. The fraction of sp³-hybridized carbons (Fsp3) is 0.909. The maximum absolute atomic E-state index is 11.7. The molecule has 1 saturated heterocycles. The van der Waals surface area contributed by atoms with E-state index in [9.17, 15) is 4.79 Å². The van der Waals surface area contributed by atoms with Crippen LogP contribution in [0.3, 0.4) is 0 Å². The number of amides is 1. The molecule has 4 heteroatoms. The fourth-order valence-electron chi connectivity index (χ4n) is 1.98. The Morgan fingerprint density at radius 1 is 1.53 bits per heavy atom. The Labute approximate surface area is 96.8 Å². The Hall–Kier alpha value is -0.220. The molecule has 1 unspecified atom stereocenters. The second kappa shape index (κ2) is 7.12. The summed E-state index contributed by atoms with van der Waals surface area (Å²) in [6, 6.07) is 0. The molecule has 1 rings (SSSR count). The predicted molar refractivity (Wildman–Crippen MR) is 66.0 cm³/mol. The average Bonchev–Trinajstić information content (AvgIpc) is 2.44. The topological polar surface area (TPSA) is 46.3 Å². The van der Waals surface area contributed by atoms with E-state index in [2.05, 4.69) is 6.92 Å². The largest absolute Gasteiger partial charge is 0.342 e. The van der Waals surface area contributed by atoms with E-state index in [0.29, 0.717) is 18.2 Å². The number of hydrogen-bond acceptors (Lipinski definition) is 3. The van der Waals surface area contributed by atoms with Crippen LogP contribution in [0, 0.1) is 0 Å². The van der Waals surface area contributed by atoms with Crippen LogP contribution in [0.5, 0.6) is 0 Å². The number of nitrogens with two attached hydrogens (primary N) is 1. The van der Waals surface area contributed by atoms with Gasteiger partial charge in [0.1, 0.15) is 0 Å². The molecule has 1 heterocycles. The number of thioether (sulfide) groups is 1. The van der Waals surface area contributed by atoms with Gasteiger partial charge in [0.05, 0.1) is 0 Å². The number of nitrogens with zero attached hydrogens (tertiary/aromatic N) is 1. The molecule has 0 aromatic carbocycles. The monoisotopic (exact) mass is 230 g/mol. The Balaban J connectivity index is 2.44. The standard InChI is InChI=1S/C11H22N2OS/c1-2-15-10-5-3-4-8-13(9-10)11(14)6-7-12/h10H,2-9,12H2,1H3. The van der Waals surface area contributed by atoms with Crippen molar-refractivity contribution >= 4 is 17.7 Å². The lowest BCUT2D eigenvalue weighted by molar-refractivity contribution is -0.130. The molecular formula is C11H22N2OS. The summed E-state index contributed by atoms with van der Waals surface area (Å²) < 4.78 is 0. The lowest BCUT2D eigenvalue weighted by atomic mass is 10.2. The molecule has 1 atom stereocenters. The molecule has 0 aliphatic carbocycles. The zero-order chi connectivity index (χ0) is 11.1. The summed E-state index contributed by atoms with van der Waals surface area (Å²) in [5, 5.41) is 0.638. The van der Waals surface area contributed by atoms with E-state index in [0.717, 1.165) is 25.3 Å². The molecule has 15 heavy (non-hydrogen) atoms. The summed E-state index contributed by atoms with van der Waals surface area (Å²) in [4.78, 5) is 13.7. The average molecular weight is 230 g/mol. The first-order valence-corrected chi connectivity index (χ1v) is 6.92. The molecule has 0 aromatic rings. The Morgan fingerprint density at radius 3 is 3.00 bits per heavy atom. The van der Waals surface area contributed by atoms with Crippen LogP contribution < -0.4 is 5.73 Å². The number of carbonyl (C=O) groups is 1. The minimum Gasteiger partial charge on any atom is -0.342 e. The highest BCUT2D eigenvalue weighted by Crippen LogP contribution is 2.22. The van der Waals surface area contributed by atoms with E-state index >= 15 is 0 Å². The first-order chi connectivity index (χ1) is 7.27. The molecule has 1 fully saturated rings. The van der Waals surface area contributed by atoms with Crippen molar-refractivity contribution in [2.75, 3.05) is 25.4 Å². The van der Waals surface area contributed by atoms with Crippen LogP contribution in [0.4, 0.5) is 0 Å². The SMILES string of the molecule is CCSC1CCCCN(C(=O)CCN)C1. The van der Waals surface area contributed by atoms with Crippen molar-refractivity contribution < 1.29 is 4.79 Å². The molecule has 2 N–H and O–H groups in total. The van der Waals surface area contributed by atoms with Crippen molar-refractivity contribution in [1.82, 2.24) is 4.90 Å². The van der Waals surface area contributed by atoms with Gasteiger partial charge in [-0.1, -0.05) is 13.3 Å². The van der Waals surface area contributed by atoms with Gasteiger partial charge in [0.2, 0.25) is 5.91 Å². The highest BCUT2D eigenvalue weighted by atomic mass is 32.2. The maximum atomic E-state index is 11.7. The van der Waals surface area contributed by atoms with E-state index in [-0.39, 0.29) is 5.91 Å². The zero-order valence-electron chi connectivity index (χ0n) is 9.58. The summed E-state index contributed by atoms with van der Waals surface area (Å²) in [5.74, 6) is 1.38. The third kappa shape index (κ3) is 4.43. The van der Waals surface area contributed by atoms with Gasteiger partial charge in [0.25, 0.3) is 0 Å².